The molecule has 1 atom stereocenters. The van der Waals surface area contributed by atoms with E-state index in [0.29, 0.717) is 18.7 Å². The van der Waals surface area contributed by atoms with E-state index in [-0.39, 0.29) is 12.0 Å². The zero-order valence-electron chi connectivity index (χ0n) is 14.3. The number of nitrogens with zero attached hydrogens (tertiary/aromatic N) is 1. The molecule has 1 unspecified atom stereocenters. The molecule has 3 rings (SSSR count). The van der Waals surface area contributed by atoms with Crippen molar-refractivity contribution in [1.82, 2.24) is 4.90 Å². The van der Waals surface area contributed by atoms with Crippen LogP contribution in [0.25, 0.3) is 0 Å². The van der Waals surface area contributed by atoms with Crippen molar-refractivity contribution in [2.75, 3.05) is 20.3 Å². The second kappa shape index (κ2) is 8.50. The van der Waals surface area contributed by atoms with Crippen LogP contribution < -0.4 is 4.74 Å². The average Bonchev–Trinajstić information content (AvgIpc) is 3.15. The van der Waals surface area contributed by atoms with Crippen LogP contribution in [0.15, 0.2) is 53.0 Å². The molecule has 0 N–H and O–H groups in total. The standard InChI is InChI=1S/C20H22BrNO3/c1-22(13-16-5-2-3-7-19(16)21)20(23)15-8-10-17(11-9-15)25-14-18-6-4-12-24-18/h2-3,5,7-11,18H,4,6,12-14H2,1H3. The highest BCUT2D eigenvalue weighted by Crippen LogP contribution is 2.20. The summed E-state index contributed by atoms with van der Waals surface area (Å²) in [7, 11) is 1.81. The monoisotopic (exact) mass is 403 g/mol. The Hall–Kier alpha value is -1.85. The molecule has 1 aliphatic rings. The summed E-state index contributed by atoms with van der Waals surface area (Å²) in [4.78, 5) is 14.3. The number of halogens is 1. The molecule has 1 fully saturated rings. The number of hydrogen-bond acceptors (Lipinski definition) is 3. The normalized spacial score (nSPS) is 16.6. The van der Waals surface area contributed by atoms with Gasteiger partial charge >= 0.3 is 0 Å². The van der Waals surface area contributed by atoms with Crippen molar-refractivity contribution >= 4 is 21.8 Å². The lowest BCUT2D eigenvalue weighted by Gasteiger charge is -2.18. The van der Waals surface area contributed by atoms with Crippen molar-refractivity contribution in [2.45, 2.75) is 25.5 Å². The van der Waals surface area contributed by atoms with Crippen molar-refractivity contribution in [3.63, 3.8) is 0 Å². The lowest BCUT2D eigenvalue weighted by Crippen LogP contribution is -2.26. The molecular formula is C20H22BrNO3. The molecule has 1 heterocycles. The number of amides is 1. The molecule has 0 spiro atoms. The maximum absolute atomic E-state index is 12.6. The first kappa shape index (κ1) is 18.0. The van der Waals surface area contributed by atoms with E-state index in [9.17, 15) is 4.79 Å². The van der Waals surface area contributed by atoms with Gasteiger partial charge in [-0.1, -0.05) is 34.1 Å². The summed E-state index contributed by atoms with van der Waals surface area (Å²) in [5.74, 6) is 0.752. The van der Waals surface area contributed by atoms with E-state index in [0.717, 1.165) is 35.2 Å². The predicted octanol–water partition coefficient (Wildman–Crippen LogP) is 4.28. The van der Waals surface area contributed by atoms with E-state index >= 15 is 0 Å². The molecule has 0 aliphatic carbocycles. The topological polar surface area (TPSA) is 38.8 Å². The maximum atomic E-state index is 12.6. The van der Waals surface area contributed by atoms with Crippen LogP contribution in [-0.4, -0.2) is 37.2 Å². The number of carbonyl (C=O) groups is 1. The summed E-state index contributed by atoms with van der Waals surface area (Å²) in [5.41, 5.74) is 1.73. The summed E-state index contributed by atoms with van der Waals surface area (Å²) in [6, 6.07) is 15.2. The highest BCUT2D eigenvalue weighted by molar-refractivity contribution is 9.10. The van der Waals surface area contributed by atoms with Gasteiger partial charge in [0.05, 0.1) is 6.10 Å². The van der Waals surface area contributed by atoms with Gasteiger partial charge in [-0.2, -0.15) is 0 Å². The Balaban J connectivity index is 1.57. The Morgan fingerprint density at radius 1 is 1.24 bits per heavy atom. The number of benzene rings is 2. The van der Waals surface area contributed by atoms with E-state index in [2.05, 4.69) is 15.9 Å². The van der Waals surface area contributed by atoms with E-state index in [1.54, 1.807) is 4.90 Å². The van der Waals surface area contributed by atoms with E-state index in [1.807, 2.05) is 55.6 Å². The largest absolute Gasteiger partial charge is 0.491 e. The first-order valence-electron chi connectivity index (χ1n) is 8.47. The third-order valence-corrected chi connectivity index (χ3v) is 5.05. The molecule has 5 heteroatoms. The van der Waals surface area contributed by atoms with Gasteiger partial charge in [0, 0.05) is 30.2 Å². The van der Waals surface area contributed by atoms with Crippen LogP contribution in [-0.2, 0) is 11.3 Å². The molecular weight excluding hydrogens is 382 g/mol. The Kier molecular flexibility index (Phi) is 6.10. The lowest BCUT2D eigenvalue weighted by atomic mass is 10.1. The van der Waals surface area contributed by atoms with E-state index in [1.165, 1.54) is 0 Å². The van der Waals surface area contributed by atoms with Crippen LogP contribution in [0.5, 0.6) is 5.75 Å². The van der Waals surface area contributed by atoms with Gasteiger partial charge in [-0.25, -0.2) is 0 Å². The minimum absolute atomic E-state index is 0.0126. The van der Waals surface area contributed by atoms with Crippen molar-refractivity contribution in [1.29, 1.82) is 0 Å². The molecule has 1 saturated heterocycles. The highest BCUT2D eigenvalue weighted by atomic mass is 79.9. The van der Waals surface area contributed by atoms with Crippen molar-refractivity contribution in [3.05, 3.63) is 64.1 Å². The second-order valence-corrected chi connectivity index (χ2v) is 7.08. The van der Waals surface area contributed by atoms with Crippen LogP contribution in [0.4, 0.5) is 0 Å². The van der Waals surface area contributed by atoms with Gasteiger partial charge < -0.3 is 14.4 Å². The SMILES string of the molecule is CN(Cc1ccccc1Br)C(=O)c1ccc(OCC2CCCO2)cc1. The van der Waals surface area contributed by atoms with Crippen molar-refractivity contribution in [2.24, 2.45) is 0 Å². The fourth-order valence-corrected chi connectivity index (χ4v) is 3.24. The van der Waals surface area contributed by atoms with Crippen molar-refractivity contribution in [3.8, 4) is 5.75 Å². The minimum Gasteiger partial charge on any atom is -0.491 e. The quantitative estimate of drug-likeness (QED) is 0.722. The summed E-state index contributed by atoms with van der Waals surface area (Å²) in [5, 5.41) is 0. The first-order chi connectivity index (χ1) is 12.1. The third kappa shape index (κ3) is 4.83. The summed E-state index contributed by atoms with van der Waals surface area (Å²) in [6.07, 6.45) is 2.35. The molecule has 0 bridgehead atoms. The molecule has 0 saturated carbocycles. The molecule has 2 aromatic carbocycles. The summed E-state index contributed by atoms with van der Waals surface area (Å²) in [6.45, 7) is 1.94. The van der Waals surface area contributed by atoms with Gasteiger partial charge in [0.2, 0.25) is 0 Å². The van der Waals surface area contributed by atoms with Gasteiger partial charge in [0.1, 0.15) is 12.4 Å². The Labute approximate surface area is 156 Å². The molecule has 4 nitrogen and oxygen atoms in total. The first-order valence-corrected chi connectivity index (χ1v) is 9.26. The Bertz CT molecular complexity index is 711. The lowest BCUT2D eigenvalue weighted by molar-refractivity contribution is 0.0679. The number of rotatable bonds is 6. The van der Waals surface area contributed by atoms with Crippen LogP contribution >= 0.6 is 15.9 Å². The van der Waals surface area contributed by atoms with Crippen LogP contribution in [0.2, 0.25) is 0 Å². The van der Waals surface area contributed by atoms with Gasteiger partial charge in [0.25, 0.3) is 5.91 Å². The number of hydrogen-bond donors (Lipinski definition) is 0. The zero-order chi connectivity index (χ0) is 17.6. The smallest absolute Gasteiger partial charge is 0.253 e. The molecule has 1 amide bonds. The number of carbonyl (C=O) groups excluding carboxylic acids is 1. The van der Waals surface area contributed by atoms with Gasteiger partial charge in [-0.05, 0) is 48.7 Å². The van der Waals surface area contributed by atoms with Crippen molar-refractivity contribution < 1.29 is 14.3 Å². The number of ether oxygens (including phenoxy) is 2. The molecule has 132 valence electrons. The van der Waals surface area contributed by atoms with E-state index in [4.69, 9.17) is 9.47 Å². The Morgan fingerprint density at radius 3 is 2.68 bits per heavy atom. The summed E-state index contributed by atoms with van der Waals surface area (Å²) < 4.78 is 12.3. The average molecular weight is 404 g/mol. The predicted molar refractivity (Wildman–Crippen MR) is 101 cm³/mol. The highest BCUT2D eigenvalue weighted by Gasteiger charge is 2.16. The van der Waals surface area contributed by atoms with Crippen LogP contribution in [0, 0.1) is 0 Å². The summed E-state index contributed by atoms with van der Waals surface area (Å²) >= 11 is 3.52. The van der Waals surface area contributed by atoms with Crippen LogP contribution in [0.1, 0.15) is 28.8 Å². The van der Waals surface area contributed by atoms with E-state index < -0.39 is 0 Å². The molecule has 0 radical (unpaired) electrons. The van der Waals surface area contributed by atoms with Gasteiger partial charge in [0.15, 0.2) is 0 Å². The molecule has 1 aliphatic heterocycles. The fraction of sp³-hybridized carbons (Fsp3) is 0.350. The third-order valence-electron chi connectivity index (χ3n) is 4.27. The van der Waals surface area contributed by atoms with Gasteiger partial charge in [-0.3, -0.25) is 4.79 Å². The molecule has 25 heavy (non-hydrogen) atoms. The minimum atomic E-state index is -0.0126. The Morgan fingerprint density at radius 2 is 2.00 bits per heavy atom. The molecule has 0 aromatic heterocycles. The maximum Gasteiger partial charge on any atom is 0.253 e. The molecule has 2 aromatic rings. The van der Waals surface area contributed by atoms with Gasteiger partial charge in [-0.15, -0.1) is 0 Å². The van der Waals surface area contributed by atoms with Crippen LogP contribution in [0.3, 0.4) is 0 Å². The second-order valence-electron chi connectivity index (χ2n) is 6.22. The fourth-order valence-electron chi connectivity index (χ4n) is 2.83. The zero-order valence-corrected chi connectivity index (χ0v) is 15.9.